The lowest BCUT2D eigenvalue weighted by atomic mass is 10.0. The molecule has 0 saturated heterocycles. The van der Waals surface area contributed by atoms with Gasteiger partial charge in [0.05, 0.1) is 12.8 Å². The number of hydrogen-bond acceptors (Lipinski definition) is 3. The van der Waals surface area contributed by atoms with E-state index in [1.165, 1.54) is 12.8 Å². The third-order valence-electron chi connectivity index (χ3n) is 3.17. The largest absolute Gasteiger partial charge is 0.468 e. The Balaban J connectivity index is 2.07. The maximum Gasteiger partial charge on any atom is 0.117 e. The van der Waals surface area contributed by atoms with Gasteiger partial charge in [-0.1, -0.05) is 0 Å². The van der Waals surface area contributed by atoms with Gasteiger partial charge in [0.1, 0.15) is 5.76 Å². The molecule has 3 nitrogen and oxygen atoms in total. The van der Waals surface area contributed by atoms with Gasteiger partial charge in [-0.15, -0.1) is 0 Å². The van der Waals surface area contributed by atoms with Crippen molar-refractivity contribution in [3.8, 4) is 0 Å². The highest BCUT2D eigenvalue weighted by Crippen LogP contribution is 2.33. The summed E-state index contributed by atoms with van der Waals surface area (Å²) in [4.78, 5) is 2.46. The first-order valence-corrected chi connectivity index (χ1v) is 5.63. The van der Waals surface area contributed by atoms with Crippen molar-refractivity contribution < 1.29 is 4.42 Å². The summed E-state index contributed by atoms with van der Waals surface area (Å²) in [6, 6.07) is 4.67. The second-order valence-corrected chi connectivity index (χ2v) is 4.95. The molecule has 1 heterocycles. The second-order valence-electron chi connectivity index (χ2n) is 4.95. The summed E-state index contributed by atoms with van der Waals surface area (Å²) in [5, 5.41) is 0. The highest BCUT2D eigenvalue weighted by atomic mass is 16.3. The molecule has 2 N–H and O–H groups in total. The van der Waals surface area contributed by atoms with Crippen LogP contribution in [0, 0.1) is 0 Å². The van der Waals surface area contributed by atoms with E-state index in [4.69, 9.17) is 10.2 Å². The van der Waals surface area contributed by atoms with Crippen LogP contribution >= 0.6 is 0 Å². The monoisotopic (exact) mass is 208 g/mol. The molecule has 1 aromatic heterocycles. The van der Waals surface area contributed by atoms with E-state index in [0.717, 1.165) is 12.3 Å². The van der Waals surface area contributed by atoms with E-state index in [1.807, 2.05) is 12.1 Å². The van der Waals surface area contributed by atoms with Gasteiger partial charge < -0.3 is 10.2 Å². The zero-order valence-corrected chi connectivity index (χ0v) is 9.57. The standard InChI is InChI=1S/C12H20N2O/c1-12(2,9-13)14(10-5-6-10)8-11-4-3-7-15-11/h3-4,7,10H,5-6,8-9,13H2,1-2H3. The van der Waals surface area contributed by atoms with E-state index in [-0.39, 0.29) is 5.54 Å². The summed E-state index contributed by atoms with van der Waals surface area (Å²) in [6.07, 6.45) is 4.32. The van der Waals surface area contributed by atoms with E-state index in [0.29, 0.717) is 12.6 Å². The van der Waals surface area contributed by atoms with E-state index >= 15 is 0 Å². The molecule has 0 radical (unpaired) electrons. The summed E-state index contributed by atoms with van der Waals surface area (Å²) in [5.74, 6) is 1.03. The van der Waals surface area contributed by atoms with Gasteiger partial charge in [0, 0.05) is 18.1 Å². The van der Waals surface area contributed by atoms with Crippen LogP contribution in [0.25, 0.3) is 0 Å². The van der Waals surface area contributed by atoms with Crippen LogP contribution in [-0.2, 0) is 6.54 Å². The van der Waals surface area contributed by atoms with Crippen molar-refractivity contribution >= 4 is 0 Å². The van der Waals surface area contributed by atoms with Crippen LogP contribution in [0.3, 0.4) is 0 Å². The van der Waals surface area contributed by atoms with Crippen molar-refractivity contribution in [2.45, 2.75) is 44.8 Å². The van der Waals surface area contributed by atoms with Crippen molar-refractivity contribution in [1.82, 2.24) is 4.90 Å². The van der Waals surface area contributed by atoms with Crippen molar-refractivity contribution in [1.29, 1.82) is 0 Å². The number of nitrogens with zero attached hydrogens (tertiary/aromatic N) is 1. The minimum atomic E-state index is 0.0634. The molecule has 1 saturated carbocycles. The third kappa shape index (κ3) is 2.41. The van der Waals surface area contributed by atoms with Crippen molar-refractivity contribution in [3.63, 3.8) is 0 Å². The first-order valence-electron chi connectivity index (χ1n) is 5.63. The first kappa shape index (κ1) is 10.7. The molecule has 2 rings (SSSR count). The minimum absolute atomic E-state index is 0.0634. The van der Waals surface area contributed by atoms with E-state index in [9.17, 15) is 0 Å². The smallest absolute Gasteiger partial charge is 0.117 e. The predicted molar refractivity (Wildman–Crippen MR) is 60.4 cm³/mol. The first-order chi connectivity index (χ1) is 7.13. The topological polar surface area (TPSA) is 42.4 Å². The number of rotatable bonds is 5. The van der Waals surface area contributed by atoms with E-state index < -0.39 is 0 Å². The lowest BCUT2D eigenvalue weighted by Crippen LogP contribution is -2.49. The molecule has 1 aromatic rings. The molecular formula is C12H20N2O. The number of nitrogens with two attached hydrogens (primary N) is 1. The Hall–Kier alpha value is -0.800. The van der Waals surface area contributed by atoms with Gasteiger partial charge >= 0.3 is 0 Å². The summed E-state index contributed by atoms with van der Waals surface area (Å²) < 4.78 is 5.40. The second kappa shape index (κ2) is 3.99. The quantitative estimate of drug-likeness (QED) is 0.804. The molecule has 84 valence electrons. The molecule has 3 heteroatoms. The molecular weight excluding hydrogens is 188 g/mol. The van der Waals surface area contributed by atoms with Gasteiger partial charge in [0.2, 0.25) is 0 Å². The fourth-order valence-corrected chi connectivity index (χ4v) is 1.91. The Morgan fingerprint density at radius 2 is 2.27 bits per heavy atom. The predicted octanol–water partition coefficient (Wildman–Crippen LogP) is 1.98. The maximum atomic E-state index is 5.83. The maximum absolute atomic E-state index is 5.83. The lowest BCUT2D eigenvalue weighted by Gasteiger charge is -2.37. The van der Waals surface area contributed by atoms with E-state index in [2.05, 4.69) is 18.7 Å². The van der Waals surface area contributed by atoms with Crippen molar-refractivity contribution in [2.24, 2.45) is 5.73 Å². The minimum Gasteiger partial charge on any atom is -0.468 e. The van der Waals surface area contributed by atoms with E-state index in [1.54, 1.807) is 6.26 Å². The molecule has 1 fully saturated rings. The summed E-state index contributed by atoms with van der Waals surface area (Å²) >= 11 is 0. The van der Waals surface area contributed by atoms with Crippen LogP contribution in [-0.4, -0.2) is 23.0 Å². The molecule has 0 bridgehead atoms. The average molecular weight is 208 g/mol. The SMILES string of the molecule is CC(C)(CN)N(Cc1ccco1)C1CC1. The van der Waals surface area contributed by atoms with Crippen molar-refractivity contribution in [2.75, 3.05) is 6.54 Å². The fraction of sp³-hybridized carbons (Fsp3) is 0.667. The fourth-order valence-electron chi connectivity index (χ4n) is 1.91. The van der Waals surface area contributed by atoms with Crippen LogP contribution in [0.15, 0.2) is 22.8 Å². The lowest BCUT2D eigenvalue weighted by molar-refractivity contribution is 0.0992. The molecule has 1 aliphatic carbocycles. The van der Waals surface area contributed by atoms with Gasteiger partial charge in [0.15, 0.2) is 0 Å². The van der Waals surface area contributed by atoms with Gasteiger partial charge in [-0.05, 0) is 38.8 Å². The summed E-state index contributed by atoms with van der Waals surface area (Å²) in [5.41, 5.74) is 5.89. The average Bonchev–Trinajstić information content (AvgIpc) is 2.92. The van der Waals surface area contributed by atoms with Crippen LogP contribution < -0.4 is 5.73 Å². The normalized spacial score (nSPS) is 17.3. The Bertz CT molecular complexity index is 301. The summed E-state index contributed by atoms with van der Waals surface area (Å²) in [6.45, 7) is 5.97. The molecule has 0 unspecified atom stereocenters. The Morgan fingerprint density at radius 1 is 1.53 bits per heavy atom. The third-order valence-corrected chi connectivity index (χ3v) is 3.17. The van der Waals surface area contributed by atoms with Crippen LogP contribution in [0.1, 0.15) is 32.4 Å². The highest BCUT2D eigenvalue weighted by molar-refractivity contribution is 5.02. The molecule has 1 aliphatic rings. The Kier molecular flexibility index (Phi) is 2.85. The Morgan fingerprint density at radius 3 is 2.73 bits per heavy atom. The zero-order valence-electron chi connectivity index (χ0n) is 9.57. The summed E-state index contributed by atoms with van der Waals surface area (Å²) in [7, 11) is 0. The zero-order chi connectivity index (χ0) is 10.9. The van der Waals surface area contributed by atoms with Gasteiger partial charge in [-0.3, -0.25) is 4.90 Å². The molecule has 0 spiro atoms. The molecule has 15 heavy (non-hydrogen) atoms. The van der Waals surface area contributed by atoms with Crippen LogP contribution in [0.2, 0.25) is 0 Å². The van der Waals surface area contributed by atoms with Gasteiger partial charge in [-0.25, -0.2) is 0 Å². The number of furan rings is 1. The van der Waals surface area contributed by atoms with Crippen LogP contribution in [0.5, 0.6) is 0 Å². The number of hydrogen-bond donors (Lipinski definition) is 1. The molecule has 0 aliphatic heterocycles. The Labute approximate surface area is 91.2 Å². The van der Waals surface area contributed by atoms with Gasteiger partial charge in [-0.2, -0.15) is 0 Å². The van der Waals surface area contributed by atoms with Crippen molar-refractivity contribution in [3.05, 3.63) is 24.2 Å². The molecule has 0 amide bonds. The van der Waals surface area contributed by atoms with Gasteiger partial charge in [0.25, 0.3) is 0 Å². The highest BCUT2D eigenvalue weighted by Gasteiger charge is 2.37. The molecule has 0 aromatic carbocycles. The van der Waals surface area contributed by atoms with Crippen LogP contribution in [0.4, 0.5) is 0 Å². The molecule has 0 atom stereocenters.